The molecule has 59 heavy (non-hydrogen) atoms. The molecule has 4 unspecified atom stereocenters. The summed E-state index contributed by atoms with van der Waals surface area (Å²) in [6, 6.07) is 23.5. The van der Waals surface area contributed by atoms with E-state index in [0.29, 0.717) is 48.5 Å². The van der Waals surface area contributed by atoms with Crippen LogP contribution >= 0.6 is 59.2 Å². The van der Waals surface area contributed by atoms with Crippen LogP contribution in [0.1, 0.15) is 83.7 Å². The first-order valence-electron chi connectivity index (χ1n) is 18.9. The molecule has 4 atom stereocenters. The van der Waals surface area contributed by atoms with Crippen molar-refractivity contribution in [2.24, 2.45) is 5.73 Å². The lowest BCUT2D eigenvalue weighted by Crippen LogP contribution is -2.50. The lowest BCUT2D eigenvalue weighted by Gasteiger charge is -2.33. The highest BCUT2D eigenvalue weighted by molar-refractivity contribution is 7.81. The van der Waals surface area contributed by atoms with Gasteiger partial charge in [-0.25, -0.2) is 9.59 Å². The van der Waals surface area contributed by atoms with Crippen molar-refractivity contribution in [3.63, 3.8) is 0 Å². The fourth-order valence-corrected chi connectivity index (χ4v) is 6.88. The van der Waals surface area contributed by atoms with E-state index < -0.39 is 28.8 Å². The number of carbonyl (C=O) groups is 2. The van der Waals surface area contributed by atoms with E-state index in [1.165, 1.54) is 0 Å². The van der Waals surface area contributed by atoms with Crippen LogP contribution in [0.4, 0.5) is 16.2 Å². The fourth-order valence-electron chi connectivity index (χ4n) is 6.12. The van der Waals surface area contributed by atoms with E-state index >= 15 is 0 Å². The second-order valence-corrected chi connectivity index (χ2v) is 18.5. The van der Waals surface area contributed by atoms with Gasteiger partial charge < -0.3 is 40.6 Å². The zero-order valence-corrected chi connectivity index (χ0v) is 38.0. The van der Waals surface area contributed by atoms with E-state index in [0.717, 1.165) is 28.1 Å². The van der Waals surface area contributed by atoms with E-state index in [9.17, 15) is 9.59 Å². The van der Waals surface area contributed by atoms with Crippen molar-refractivity contribution in [1.29, 1.82) is 0 Å². The van der Waals surface area contributed by atoms with Crippen LogP contribution in [0.15, 0.2) is 78.9 Å². The van der Waals surface area contributed by atoms with Crippen molar-refractivity contribution in [2.75, 3.05) is 10.6 Å². The van der Waals surface area contributed by atoms with E-state index in [2.05, 4.69) is 16.0 Å². The Morgan fingerprint density at radius 3 is 1.85 bits per heavy atom. The SMILES string of the molecule is CC1Oc2ccc(C(Cc3ccc(Cl)cc3)NC(=O)OC(C)(C)C)cc2NC1=S.CC1Oc2ccc(C(N)(Cc3ccc(Cl)c(Cl)c3)C(=O)OC(C)(C)C)cc2NC1=S. The third kappa shape index (κ3) is 12.4. The van der Waals surface area contributed by atoms with Crippen molar-refractivity contribution >= 4 is 92.7 Å². The van der Waals surface area contributed by atoms with Gasteiger partial charge in [-0.2, -0.15) is 0 Å². The highest BCUT2D eigenvalue weighted by atomic mass is 35.5. The maximum atomic E-state index is 13.2. The largest absolute Gasteiger partial charge is 0.481 e. The topological polar surface area (TPSA) is 133 Å². The van der Waals surface area contributed by atoms with Crippen molar-refractivity contribution in [2.45, 2.75) is 103 Å². The number of carbonyl (C=O) groups excluding carboxylic acids is 2. The number of amides is 1. The summed E-state index contributed by atoms with van der Waals surface area (Å²) >= 11 is 28.8. The van der Waals surface area contributed by atoms with Crippen LogP contribution in [-0.4, -0.2) is 45.4 Å². The van der Waals surface area contributed by atoms with Gasteiger partial charge in [0.1, 0.15) is 50.4 Å². The predicted molar refractivity (Wildman–Crippen MR) is 245 cm³/mol. The number of benzene rings is 4. The number of alkyl carbamates (subject to hydrolysis) is 1. The molecule has 0 fully saturated rings. The molecule has 2 aliphatic rings. The Labute approximate surface area is 371 Å². The average molecular weight is 900 g/mol. The highest BCUT2D eigenvalue weighted by Crippen LogP contribution is 2.37. The number of rotatable bonds is 8. The second-order valence-electron chi connectivity index (χ2n) is 16.4. The lowest BCUT2D eigenvalue weighted by atomic mass is 9.84. The van der Waals surface area contributed by atoms with E-state index in [1.807, 2.05) is 77.1 Å². The number of fused-ring (bicyclic) bond motifs is 2. The Bertz CT molecular complexity index is 2230. The first kappa shape index (κ1) is 45.9. The number of halogens is 3. The van der Waals surface area contributed by atoms with Crippen LogP contribution in [0.25, 0.3) is 0 Å². The van der Waals surface area contributed by atoms with Gasteiger partial charge in [-0.1, -0.05) is 89.6 Å². The molecule has 0 spiro atoms. The Hall–Kier alpha value is -4.17. The summed E-state index contributed by atoms with van der Waals surface area (Å²) in [5, 5.41) is 10.8. The number of thiocarbonyl (C=S) groups is 2. The number of anilines is 2. The molecule has 0 saturated heterocycles. The van der Waals surface area contributed by atoms with E-state index in [4.69, 9.17) is 83.9 Å². The zero-order chi connectivity index (χ0) is 43.4. The quantitative estimate of drug-likeness (QED) is 0.0995. The molecule has 2 heterocycles. The van der Waals surface area contributed by atoms with Gasteiger partial charge >= 0.3 is 12.1 Å². The first-order chi connectivity index (χ1) is 27.5. The number of hydrogen-bond donors (Lipinski definition) is 4. The van der Waals surface area contributed by atoms with Gasteiger partial charge in [0.15, 0.2) is 0 Å². The van der Waals surface area contributed by atoms with Crippen molar-refractivity contribution in [3.8, 4) is 11.5 Å². The van der Waals surface area contributed by atoms with E-state index in [1.54, 1.807) is 57.2 Å². The first-order valence-corrected chi connectivity index (χ1v) is 20.9. The molecule has 314 valence electrons. The molecule has 10 nitrogen and oxygen atoms in total. The summed E-state index contributed by atoms with van der Waals surface area (Å²) in [5.41, 5.74) is 8.70. The number of hydrogen-bond acceptors (Lipinski definition) is 9. The van der Waals surface area contributed by atoms with Crippen LogP contribution in [0, 0.1) is 0 Å². The molecular weight excluding hydrogens is 851 g/mol. The van der Waals surface area contributed by atoms with Crippen molar-refractivity contribution in [1.82, 2.24) is 5.32 Å². The third-order valence-corrected chi connectivity index (χ3v) is 10.9. The molecule has 0 radical (unpaired) electrons. The van der Waals surface area contributed by atoms with Gasteiger partial charge in [0.05, 0.1) is 27.5 Å². The van der Waals surface area contributed by atoms with Crippen LogP contribution in [0.2, 0.25) is 15.1 Å². The van der Waals surface area contributed by atoms with Crippen molar-refractivity contribution < 1.29 is 28.5 Å². The number of esters is 1. The minimum absolute atomic E-state index is 0.166. The molecular formula is C44H49Cl3N4O6S2. The maximum Gasteiger partial charge on any atom is 0.408 e. The normalized spacial score (nSPS) is 17.4. The molecule has 2 aliphatic heterocycles. The summed E-state index contributed by atoms with van der Waals surface area (Å²) in [6.45, 7) is 14.7. The Morgan fingerprint density at radius 1 is 0.746 bits per heavy atom. The molecule has 0 aliphatic carbocycles. The van der Waals surface area contributed by atoms with Crippen LogP contribution in [0.3, 0.4) is 0 Å². The van der Waals surface area contributed by atoms with Gasteiger partial charge in [-0.3, -0.25) is 0 Å². The van der Waals surface area contributed by atoms with Crippen LogP contribution in [0.5, 0.6) is 11.5 Å². The molecule has 0 saturated carbocycles. The molecule has 4 aromatic rings. The minimum atomic E-state index is -1.47. The fraction of sp³-hybridized carbons (Fsp3) is 0.364. The average Bonchev–Trinajstić information content (AvgIpc) is 3.13. The molecule has 5 N–H and O–H groups in total. The number of nitrogens with two attached hydrogens (primary N) is 1. The second kappa shape index (κ2) is 18.6. The third-order valence-electron chi connectivity index (χ3n) is 9.04. The van der Waals surface area contributed by atoms with Gasteiger partial charge in [0.2, 0.25) is 0 Å². The molecule has 15 heteroatoms. The Morgan fingerprint density at radius 2 is 1.29 bits per heavy atom. The summed E-state index contributed by atoms with van der Waals surface area (Å²) in [6.07, 6.45) is -0.130. The summed E-state index contributed by atoms with van der Waals surface area (Å²) < 4.78 is 22.8. The van der Waals surface area contributed by atoms with Gasteiger partial charge in [0, 0.05) is 11.4 Å². The molecule has 4 aromatic carbocycles. The molecule has 1 amide bonds. The monoisotopic (exact) mass is 898 g/mol. The van der Waals surface area contributed by atoms with Gasteiger partial charge in [-0.05, 0) is 133 Å². The predicted octanol–water partition coefficient (Wildman–Crippen LogP) is 10.9. The summed E-state index contributed by atoms with van der Waals surface area (Å²) in [4.78, 5) is 26.9. The van der Waals surface area contributed by atoms with Gasteiger partial charge in [0.25, 0.3) is 0 Å². The Kier molecular flexibility index (Phi) is 14.5. The minimum Gasteiger partial charge on any atom is -0.481 e. The lowest BCUT2D eigenvalue weighted by molar-refractivity contribution is -0.162. The standard InChI is InChI=1S/C22H24Cl2N2O3S.C22H25ClN2O3S/c1-12-19(30)26-17-10-14(6-8-18(17)28-12)22(25,20(27)29-21(2,3)4)11-13-5-7-15(23)16(24)9-13;1-13-20(29)24-18-12-15(7-10-19(18)27-13)17(25-21(26)28-22(2,3)4)11-14-5-8-16(23)9-6-14/h5-10,12H,11,25H2,1-4H3,(H,26,30);5-10,12-13,17H,11H2,1-4H3,(H,24,29)(H,25,26). The van der Waals surface area contributed by atoms with E-state index in [-0.39, 0.29) is 24.7 Å². The number of nitrogens with one attached hydrogen (secondary N) is 3. The maximum absolute atomic E-state index is 13.2. The van der Waals surface area contributed by atoms with Crippen LogP contribution in [-0.2, 0) is 32.6 Å². The zero-order valence-electron chi connectivity index (χ0n) is 34.1. The smallest absolute Gasteiger partial charge is 0.408 e. The molecule has 6 rings (SSSR count). The summed E-state index contributed by atoms with van der Waals surface area (Å²) in [5.74, 6) is 0.826. The number of ether oxygens (including phenoxy) is 4. The van der Waals surface area contributed by atoms with Crippen molar-refractivity contribution in [3.05, 3.63) is 116 Å². The Balaban J connectivity index is 0.000000224. The van der Waals surface area contributed by atoms with Crippen LogP contribution < -0.4 is 31.2 Å². The van der Waals surface area contributed by atoms with Gasteiger partial charge in [-0.15, -0.1) is 0 Å². The molecule has 0 aromatic heterocycles. The highest BCUT2D eigenvalue weighted by Gasteiger charge is 2.41. The summed E-state index contributed by atoms with van der Waals surface area (Å²) in [7, 11) is 0. The molecule has 0 bridgehead atoms.